The summed E-state index contributed by atoms with van der Waals surface area (Å²) < 4.78 is 15.9. The highest BCUT2D eigenvalue weighted by Crippen LogP contribution is 2.42. The van der Waals surface area contributed by atoms with E-state index < -0.39 is 0 Å². The van der Waals surface area contributed by atoms with E-state index in [-0.39, 0.29) is 5.82 Å². The Hall–Kier alpha value is -2.01. The maximum absolute atomic E-state index is 14.1. The Kier molecular flexibility index (Phi) is 3.73. The third kappa shape index (κ3) is 2.59. The van der Waals surface area contributed by atoms with Crippen molar-refractivity contribution in [3.63, 3.8) is 0 Å². The molecule has 3 atom stereocenters. The average Bonchev–Trinajstić information content (AvgIpc) is 3.28. The van der Waals surface area contributed by atoms with E-state index >= 15 is 0 Å². The van der Waals surface area contributed by atoms with Crippen LogP contribution in [-0.2, 0) is 0 Å². The Morgan fingerprint density at radius 3 is 2.83 bits per heavy atom. The number of fused-ring (bicyclic) bond motifs is 2. The third-order valence-electron chi connectivity index (χ3n) is 4.73. The number of allylic oxidation sites excluding steroid dienone is 2. The fraction of sp³-hybridized carbons (Fsp3) is 0.333. The Bertz CT molecular complexity index is 846. The Balaban J connectivity index is 1.72. The first kappa shape index (κ1) is 14.6. The molecule has 1 saturated carbocycles. The highest BCUT2D eigenvalue weighted by Gasteiger charge is 2.34. The molecule has 2 aliphatic carbocycles. The molecule has 4 rings (SSSR count). The number of hydrogen-bond acceptors (Lipinski definition) is 3. The van der Waals surface area contributed by atoms with Crippen molar-refractivity contribution in [2.75, 3.05) is 7.05 Å². The Morgan fingerprint density at radius 1 is 1.26 bits per heavy atom. The van der Waals surface area contributed by atoms with Crippen molar-refractivity contribution in [3.05, 3.63) is 52.4 Å². The van der Waals surface area contributed by atoms with E-state index in [0.717, 1.165) is 10.5 Å². The van der Waals surface area contributed by atoms with E-state index in [4.69, 9.17) is 0 Å². The summed E-state index contributed by atoms with van der Waals surface area (Å²) in [5.41, 5.74) is 1.31. The van der Waals surface area contributed by atoms with Crippen LogP contribution in [0.1, 0.15) is 12.8 Å². The molecule has 118 valence electrons. The van der Waals surface area contributed by atoms with E-state index in [9.17, 15) is 4.39 Å². The van der Waals surface area contributed by atoms with Gasteiger partial charge in [-0.3, -0.25) is 4.99 Å². The molecule has 0 amide bonds. The number of benzene rings is 1. The molecule has 2 aromatic rings. The van der Waals surface area contributed by atoms with E-state index in [1.165, 1.54) is 30.2 Å². The highest BCUT2D eigenvalue weighted by molar-refractivity contribution is 7.07. The molecule has 3 unspecified atom stereocenters. The predicted octanol–water partition coefficient (Wildman–Crippen LogP) is 3.93. The fourth-order valence-corrected chi connectivity index (χ4v) is 4.36. The molecule has 0 radical (unpaired) electrons. The average molecular weight is 327 g/mol. The summed E-state index contributed by atoms with van der Waals surface area (Å²) in [5.74, 6) is 1.57. The number of aromatic nitrogens is 1. The maximum atomic E-state index is 14.1. The number of thiazole rings is 1. The molecule has 2 bridgehead atoms. The number of halogens is 1. The summed E-state index contributed by atoms with van der Waals surface area (Å²) in [6, 6.07) is 6.80. The van der Waals surface area contributed by atoms with Gasteiger partial charge in [0.2, 0.25) is 4.80 Å². The van der Waals surface area contributed by atoms with Crippen molar-refractivity contribution in [2.45, 2.75) is 12.8 Å². The molecular formula is C18H18FN3S. The van der Waals surface area contributed by atoms with Crippen LogP contribution in [0.4, 0.5) is 4.39 Å². The largest absolute Gasteiger partial charge is 0.261 e. The lowest BCUT2D eigenvalue weighted by atomic mass is 9.95. The zero-order chi connectivity index (χ0) is 15.8. The maximum Gasteiger partial charge on any atom is 0.205 e. The van der Waals surface area contributed by atoms with Crippen LogP contribution in [0.3, 0.4) is 0 Å². The summed E-state index contributed by atoms with van der Waals surface area (Å²) in [7, 11) is 1.74. The molecule has 3 nitrogen and oxygen atoms in total. The van der Waals surface area contributed by atoms with Crippen LogP contribution < -0.4 is 4.80 Å². The minimum Gasteiger partial charge on any atom is -0.261 e. The lowest BCUT2D eigenvalue weighted by Gasteiger charge is -2.12. The fourth-order valence-electron chi connectivity index (χ4n) is 3.56. The summed E-state index contributed by atoms with van der Waals surface area (Å²) >= 11 is 1.48. The van der Waals surface area contributed by atoms with Crippen molar-refractivity contribution in [1.82, 2.24) is 4.68 Å². The first-order chi connectivity index (χ1) is 11.3. The van der Waals surface area contributed by atoms with Crippen molar-refractivity contribution in [1.29, 1.82) is 0 Å². The summed E-state index contributed by atoms with van der Waals surface area (Å²) in [6.45, 7) is 0. The summed E-state index contributed by atoms with van der Waals surface area (Å²) in [4.78, 5) is 5.05. The molecule has 0 aliphatic heterocycles. The molecule has 1 heterocycles. The van der Waals surface area contributed by atoms with Gasteiger partial charge in [-0.15, -0.1) is 11.3 Å². The Morgan fingerprint density at radius 2 is 2.13 bits per heavy atom. The van der Waals surface area contributed by atoms with Crippen LogP contribution in [0.15, 0.2) is 51.9 Å². The first-order valence-corrected chi connectivity index (χ1v) is 8.75. The van der Waals surface area contributed by atoms with Gasteiger partial charge in [-0.05, 0) is 36.8 Å². The lowest BCUT2D eigenvalue weighted by Crippen LogP contribution is -2.15. The quantitative estimate of drug-likeness (QED) is 0.604. The lowest BCUT2D eigenvalue weighted by molar-refractivity contribution is 0.589. The van der Waals surface area contributed by atoms with E-state index in [1.54, 1.807) is 23.9 Å². The second-order valence-electron chi connectivity index (χ2n) is 6.13. The number of hydrogen-bond donors (Lipinski definition) is 0. The van der Waals surface area contributed by atoms with E-state index in [2.05, 4.69) is 22.2 Å². The molecule has 1 aromatic carbocycles. The predicted molar refractivity (Wildman–Crippen MR) is 91.9 cm³/mol. The second kappa shape index (κ2) is 5.89. The SMILES string of the molecule is CN=c1scc(-c2ccccc2F)n1N=CC1CC2C=CC1C2. The molecule has 1 fully saturated rings. The van der Waals surface area contributed by atoms with Gasteiger partial charge in [-0.2, -0.15) is 5.10 Å². The van der Waals surface area contributed by atoms with Gasteiger partial charge in [-0.1, -0.05) is 24.3 Å². The first-order valence-electron chi connectivity index (χ1n) is 7.87. The van der Waals surface area contributed by atoms with E-state index in [0.29, 0.717) is 23.3 Å². The zero-order valence-electron chi connectivity index (χ0n) is 12.9. The molecule has 1 aromatic heterocycles. The normalized spacial score (nSPS) is 26.7. The van der Waals surface area contributed by atoms with Crippen molar-refractivity contribution in [3.8, 4) is 11.3 Å². The van der Waals surface area contributed by atoms with Gasteiger partial charge in [0.05, 0.1) is 5.69 Å². The summed E-state index contributed by atoms with van der Waals surface area (Å²) in [6.07, 6.45) is 9.08. The minimum absolute atomic E-state index is 0.236. The third-order valence-corrected chi connectivity index (χ3v) is 5.64. The molecule has 0 spiro atoms. The molecular weight excluding hydrogens is 309 g/mol. The van der Waals surface area contributed by atoms with Crippen LogP contribution in [0, 0.1) is 23.6 Å². The van der Waals surface area contributed by atoms with Crippen LogP contribution >= 0.6 is 11.3 Å². The number of nitrogens with zero attached hydrogens (tertiary/aromatic N) is 3. The topological polar surface area (TPSA) is 29.6 Å². The Labute approximate surface area is 138 Å². The van der Waals surface area contributed by atoms with Crippen LogP contribution in [0.5, 0.6) is 0 Å². The van der Waals surface area contributed by atoms with Gasteiger partial charge in [-0.25, -0.2) is 9.07 Å². The molecule has 23 heavy (non-hydrogen) atoms. The van der Waals surface area contributed by atoms with Gasteiger partial charge in [0.1, 0.15) is 5.82 Å². The van der Waals surface area contributed by atoms with Gasteiger partial charge in [0.25, 0.3) is 0 Å². The van der Waals surface area contributed by atoms with Crippen molar-refractivity contribution in [2.24, 2.45) is 27.8 Å². The van der Waals surface area contributed by atoms with Gasteiger partial charge in [0.15, 0.2) is 0 Å². The van der Waals surface area contributed by atoms with Crippen LogP contribution in [0.25, 0.3) is 11.3 Å². The molecule has 0 N–H and O–H groups in total. The smallest absolute Gasteiger partial charge is 0.205 e. The van der Waals surface area contributed by atoms with Crippen LogP contribution in [0.2, 0.25) is 0 Å². The highest BCUT2D eigenvalue weighted by atomic mass is 32.1. The summed E-state index contributed by atoms with van der Waals surface area (Å²) in [5, 5.41) is 6.58. The van der Waals surface area contributed by atoms with E-state index in [1.807, 2.05) is 17.7 Å². The monoisotopic (exact) mass is 327 g/mol. The molecule has 2 aliphatic rings. The second-order valence-corrected chi connectivity index (χ2v) is 6.96. The van der Waals surface area contributed by atoms with Crippen LogP contribution in [-0.4, -0.2) is 17.9 Å². The minimum atomic E-state index is -0.236. The van der Waals surface area contributed by atoms with Crippen molar-refractivity contribution >= 4 is 17.6 Å². The standard InChI is InChI=1S/C18H18FN3S/c1-20-18-22(21-10-14-9-12-6-7-13(14)8-12)17(11-23-18)15-4-2-3-5-16(15)19/h2-7,10-14H,8-9H2,1H3. The van der Waals surface area contributed by atoms with Gasteiger partial charge < -0.3 is 0 Å². The molecule has 5 heteroatoms. The molecule has 0 saturated heterocycles. The number of rotatable bonds is 3. The van der Waals surface area contributed by atoms with Gasteiger partial charge in [0, 0.05) is 30.1 Å². The van der Waals surface area contributed by atoms with Crippen molar-refractivity contribution < 1.29 is 4.39 Å². The van der Waals surface area contributed by atoms with Gasteiger partial charge >= 0.3 is 0 Å². The zero-order valence-corrected chi connectivity index (χ0v) is 13.7.